The molecule has 1 fully saturated rings. The van der Waals surface area contributed by atoms with Crippen LogP contribution in [0, 0.1) is 5.41 Å². The molecule has 1 amide bonds. The molecule has 110 valence electrons. The molecule has 0 heterocycles. The van der Waals surface area contributed by atoms with E-state index in [2.05, 4.69) is 0 Å². The van der Waals surface area contributed by atoms with Crippen molar-refractivity contribution in [2.45, 2.75) is 17.7 Å². The second kappa shape index (κ2) is 5.63. The minimum Gasteiger partial charge on any atom is -0.492 e. The Morgan fingerprint density at radius 1 is 1.35 bits per heavy atom. The van der Waals surface area contributed by atoms with Crippen molar-refractivity contribution in [1.29, 1.82) is 0 Å². The van der Waals surface area contributed by atoms with Crippen LogP contribution in [0.25, 0.3) is 0 Å². The van der Waals surface area contributed by atoms with E-state index in [1.165, 1.54) is 0 Å². The van der Waals surface area contributed by atoms with Crippen LogP contribution in [-0.2, 0) is 4.79 Å². The van der Waals surface area contributed by atoms with Gasteiger partial charge in [0.1, 0.15) is 16.7 Å². The number of carbonyl (C=O) groups excluding carboxylic acids is 1. The molecule has 0 bridgehead atoms. The number of amides is 1. The molecule has 20 heavy (non-hydrogen) atoms. The van der Waals surface area contributed by atoms with Gasteiger partial charge >= 0.3 is 0 Å². The van der Waals surface area contributed by atoms with Crippen LogP contribution in [0.3, 0.4) is 0 Å². The summed E-state index contributed by atoms with van der Waals surface area (Å²) in [6, 6.07) is 7.09. The Morgan fingerprint density at radius 2 is 1.90 bits per heavy atom. The molecule has 0 saturated heterocycles. The van der Waals surface area contributed by atoms with Gasteiger partial charge in [-0.25, -0.2) is 0 Å². The summed E-state index contributed by atoms with van der Waals surface area (Å²) in [5.41, 5.74) is -0.675. The summed E-state index contributed by atoms with van der Waals surface area (Å²) in [5.74, 6) is 0.666. The molecule has 6 heteroatoms. The summed E-state index contributed by atoms with van der Waals surface area (Å²) in [6.45, 7) is 2.66. The van der Waals surface area contributed by atoms with Crippen LogP contribution in [0.2, 0.25) is 5.02 Å². The molecule has 1 saturated carbocycles. The monoisotopic (exact) mass is 335 g/mol. The first-order chi connectivity index (χ1) is 9.26. The molecule has 1 aliphatic rings. The summed E-state index contributed by atoms with van der Waals surface area (Å²) < 4.78 is 4.61. The lowest BCUT2D eigenvalue weighted by Crippen LogP contribution is -2.37. The molecule has 0 aromatic heterocycles. The van der Waals surface area contributed by atoms with Crippen LogP contribution in [0.15, 0.2) is 24.3 Å². The highest BCUT2D eigenvalue weighted by atomic mass is 35.5. The second-order valence-electron chi connectivity index (χ2n) is 5.24. The Labute approximate surface area is 133 Å². The second-order valence-corrected chi connectivity index (χ2v) is 7.16. The molecule has 1 unspecified atom stereocenters. The van der Waals surface area contributed by atoms with Gasteiger partial charge in [-0.3, -0.25) is 4.79 Å². The smallest absolute Gasteiger partial charge is 0.231 e. The average molecular weight is 337 g/mol. The zero-order valence-electron chi connectivity index (χ0n) is 11.3. The van der Waals surface area contributed by atoms with Crippen LogP contribution in [0.1, 0.15) is 13.3 Å². The Balaban J connectivity index is 1.80. The molecule has 1 aromatic carbocycles. The van der Waals surface area contributed by atoms with Crippen molar-refractivity contribution in [3.05, 3.63) is 29.3 Å². The van der Waals surface area contributed by atoms with Gasteiger partial charge in [0, 0.05) is 12.1 Å². The number of nitrogens with zero attached hydrogens (tertiary/aromatic N) is 1. The van der Waals surface area contributed by atoms with Crippen molar-refractivity contribution in [1.82, 2.24) is 4.90 Å². The highest BCUT2D eigenvalue weighted by Crippen LogP contribution is 2.64. The summed E-state index contributed by atoms with van der Waals surface area (Å²) in [5, 5.41) is 0.659. The SMILES string of the molecule is CN(CCOc1ccc(Cl)cc1)C(=O)C1(C)CC1(Cl)Cl. The van der Waals surface area contributed by atoms with Crippen molar-refractivity contribution < 1.29 is 9.53 Å². The van der Waals surface area contributed by atoms with E-state index >= 15 is 0 Å². The largest absolute Gasteiger partial charge is 0.492 e. The fourth-order valence-electron chi connectivity index (χ4n) is 1.99. The molecule has 0 N–H and O–H groups in total. The lowest BCUT2D eigenvalue weighted by atomic mass is 10.1. The van der Waals surface area contributed by atoms with Crippen LogP contribution < -0.4 is 4.74 Å². The number of rotatable bonds is 5. The summed E-state index contributed by atoms with van der Waals surface area (Å²) in [6.07, 6.45) is 0.490. The molecule has 0 aliphatic heterocycles. The van der Waals surface area contributed by atoms with Crippen molar-refractivity contribution in [2.24, 2.45) is 5.41 Å². The molecule has 0 radical (unpaired) electrons. The Bertz CT molecular complexity index is 504. The fraction of sp³-hybridized carbons (Fsp3) is 0.500. The molecule has 3 nitrogen and oxygen atoms in total. The normalized spacial score (nSPS) is 23.2. The van der Waals surface area contributed by atoms with E-state index in [-0.39, 0.29) is 5.91 Å². The van der Waals surface area contributed by atoms with Crippen molar-refractivity contribution in [3.8, 4) is 5.75 Å². The highest BCUT2D eigenvalue weighted by molar-refractivity contribution is 6.53. The molecular weight excluding hydrogens is 321 g/mol. The van der Waals surface area contributed by atoms with Crippen molar-refractivity contribution in [3.63, 3.8) is 0 Å². The van der Waals surface area contributed by atoms with E-state index in [0.29, 0.717) is 24.6 Å². The predicted molar refractivity (Wildman–Crippen MR) is 81.7 cm³/mol. The molecule has 2 rings (SSSR count). The highest BCUT2D eigenvalue weighted by Gasteiger charge is 2.68. The van der Waals surface area contributed by atoms with E-state index in [1.54, 1.807) is 43.1 Å². The van der Waals surface area contributed by atoms with Gasteiger partial charge in [0.15, 0.2) is 0 Å². The number of benzene rings is 1. The Morgan fingerprint density at radius 3 is 2.40 bits per heavy atom. The molecule has 1 atom stereocenters. The van der Waals surface area contributed by atoms with Crippen LogP contribution in [0.5, 0.6) is 5.75 Å². The van der Waals surface area contributed by atoms with Gasteiger partial charge in [0.05, 0.1) is 12.0 Å². The molecule has 1 aromatic rings. The quantitative estimate of drug-likeness (QED) is 0.766. The number of hydrogen-bond acceptors (Lipinski definition) is 2. The number of hydrogen-bond donors (Lipinski definition) is 0. The lowest BCUT2D eigenvalue weighted by molar-refractivity contribution is -0.135. The summed E-state index contributed by atoms with van der Waals surface area (Å²) in [4.78, 5) is 13.8. The first kappa shape index (κ1) is 15.7. The van der Waals surface area contributed by atoms with Crippen LogP contribution in [-0.4, -0.2) is 35.3 Å². The lowest BCUT2D eigenvalue weighted by Gasteiger charge is -2.22. The number of halogens is 3. The van der Waals surface area contributed by atoms with Gasteiger partial charge in [0.25, 0.3) is 0 Å². The maximum atomic E-state index is 12.2. The summed E-state index contributed by atoms with van der Waals surface area (Å²) >= 11 is 17.8. The number of carbonyl (C=O) groups is 1. The first-order valence-electron chi connectivity index (χ1n) is 6.28. The third-order valence-corrected chi connectivity index (χ3v) is 4.94. The number of alkyl halides is 2. The zero-order valence-corrected chi connectivity index (χ0v) is 13.6. The van der Waals surface area contributed by atoms with Gasteiger partial charge in [0.2, 0.25) is 5.91 Å². The minimum atomic E-state index is -0.935. The third-order valence-electron chi connectivity index (χ3n) is 3.59. The Kier molecular flexibility index (Phi) is 4.43. The van der Waals surface area contributed by atoms with Crippen molar-refractivity contribution in [2.75, 3.05) is 20.2 Å². The molecular formula is C14H16Cl3NO2. The van der Waals surface area contributed by atoms with Crippen LogP contribution >= 0.6 is 34.8 Å². The van der Waals surface area contributed by atoms with Crippen molar-refractivity contribution >= 4 is 40.7 Å². The minimum absolute atomic E-state index is 0.0535. The van der Waals surface area contributed by atoms with Gasteiger partial charge in [-0.2, -0.15) is 0 Å². The standard InChI is InChI=1S/C14H16Cl3NO2/c1-13(9-14(13,16)17)12(19)18(2)7-8-20-11-5-3-10(15)4-6-11/h3-6H,7-9H2,1-2H3. The Hall–Kier alpha value is -0.640. The van der Waals surface area contributed by atoms with Crippen LogP contribution in [0.4, 0.5) is 0 Å². The third kappa shape index (κ3) is 3.16. The van der Waals surface area contributed by atoms with E-state index in [0.717, 1.165) is 5.75 Å². The first-order valence-corrected chi connectivity index (χ1v) is 7.41. The predicted octanol–water partition coefficient (Wildman–Crippen LogP) is 3.76. The topological polar surface area (TPSA) is 29.5 Å². The van der Waals surface area contributed by atoms with Gasteiger partial charge in [-0.15, -0.1) is 23.2 Å². The molecule has 0 spiro atoms. The van der Waals surface area contributed by atoms with Gasteiger partial charge < -0.3 is 9.64 Å². The zero-order chi connectivity index (χ0) is 15.0. The van der Waals surface area contributed by atoms with Gasteiger partial charge in [-0.1, -0.05) is 11.6 Å². The number of likely N-dealkylation sites (N-methyl/N-ethyl adjacent to an activating group) is 1. The van der Waals surface area contributed by atoms with E-state index in [1.807, 2.05) is 0 Å². The fourth-order valence-corrected chi connectivity index (χ4v) is 2.81. The molecule has 1 aliphatic carbocycles. The maximum absolute atomic E-state index is 12.2. The van der Waals surface area contributed by atoms with E-state index in [4.69, 9.17) is 39.5 Å². The van der Waals surface area contributed by atoms with E-state index in [9.17, 15) is 4.79 Å². The average Bonchev–Trinajstić information content (AvgIpc) is 2.91. The number of ether oxygens (including phenoxy) is 1. The summed E-state index contributed by atoms with van der Waals surface area (Å²) in [7, 11) is 1.72. The van der Waals surface area contributed by atoms with Gasteiger partial charge in [-0.05, 0) is 37.6 Å². The maximum Gasteiger partial charge on any atom is 0.231 e. The van der Waals surface area contributed by atoms with E-state index < -0.39 is 9.75 Å².